The van der Waals surface area contributed by atoms with Crippen LogP contribution >= 0.6 is 0 Å². The van der Waals surface area contributed by atoms with Crippen molar-refractivity contribution in [3.05, 3.63) is 0 Å². The molecule has 1 aliphatic rings. The fourth-order valence-electron chi connectivity index (χ4n) is 1.39. The van der Waals surface area contributed by atoms with Crippen LogP contribution in [0.1, 0.15) is 0 Å². The van der Waals surface area contributed by atoms with Gasteiger partial charge in [-0.05, 0) is 0 Å². The van der Waals surface area contributed by atoms with Gasteiger partial charge in [-0.15, -0.1) is 0 Å². The minimum absolute atomic E-state index is 0. The average molecular weight is 297 g/mol. The Labute approximate surface area is 140 Å². The molecule has 0 spiro atoms. The Morgan fingerprint density at radius 1 is 1.24 bits per heavy atom. The van der Waals surface area contributed by atoms with Gasteiger partial charge in [0.1, 0.15) is 18.3 Å². The molecule has 5 atom stereocenters. The van der Waals surface area contributed by atoms with Gasteiger partial charge in [-0.1, -0.05) is 0 Å². The molecule has 1 heterocycles. The van der Waals surface area contributed by atoms with Crippen LogP contribution < -0.4 is 56.1 Å². The summed E-state index contributed by atoms with van der Waals surface area (Å²) >= 11 is 0. The summed E-state index contributed by atoms with van der Waals surface area (Å²) in [7, 11) is -4.91. The summed E-state index contributed by atoms with van der Waals surface area (Å²) in [4.78, 5) is 0. The first-order valence-electron chi connectivity index (χ1n) is 4.30. The van der Waals surface area contributed by atoms with Crippen LogP contribution in [0, 0.1) is 0 Å². The summed E-state index contributed by atoms with van der Waals surface area (Å²) in [5, 5.41) is 36.7. The van der Waals surface area contributed by atoms with Crippen LogP contribution in [-0.4, -0.2) is 70.6 Å². The molecule has 96 valence electrons. The van der Waals surface area contributed by atoms with Crippen LogP contribution in [-0.2, 0) is 15.0 Å². The van der Waals surface area contributed by atoms with E-state index in [2.05, 4.69) is 4.74 Å². The quantitative estimate of drug-likeness (QED) is 0.254. The Balaban J connectivity index is 0.00000256. The first kappa shape index (κ1) is 18.3. The maximum absolute atomic E-state index is 10.4. The summed E-state index contributed by atoms with van der Waals surface area (Å²) < 4.78 is 37.1. The molecule has 0 radical (unpaired) electrons. The number of nitrogens with one attached hydrogen (secondary N) is 1. The van der Waals surface area contributed by atoms with Gasteiger partial charge in [-0.2, -0.15) is 0 Å². The minimum atomic E-state index is -4.91. The van der Waals surface area contributed by atoms with Gasteiger partial charge in [0.2, 0.25) is 0 Å². The van der Waals surface area contributed by atoms with Crippen LogP contribution in [0.3, 0.4) is 0 Å². The number of aliphatic hydroxyl groups is 4. The van der Waals surface area contributed by atoms with Crippen molar-refractivity contribution >= 4 is 10.3 Å². The predicted octanol–water partition coefficient (Wildman–Crippen LogP) is -7.16. The van der Waals surface area contributed by atoms with E-state index in [1.54, 1.807) is 0 Å². The third kappa shape index (κ3) is 5.06. The molecule has 0 aliphatic carbocycles. The topological polar surface area (TPSA) is 159 Å². The van der Waals surface area contributed by atoms with Gasteiger partial charge in [-0.25, -0.2) is 13.1 Å². The van der Waals surface area contributed by atoms with Crippen LogP contribution in [0.25, 0.3) is 0 Å². The Hall–Kier alpha value is 1.31. The molecule has 1 fully saturated rings. The molecular weight excluding hydrogens is 285 g/mol. The maximum Gasteiger partial charge on any atom is 1.00 e. The van der Waals surface area contributed by atoms with Gasteiger partial charge in [-0.3, -0.25) is 0 Å². The van der Waals surface area contributed by atoms with E-state index in [1.807, 2.05) is 0 Å². The van der Waals surface area contributed by atoms with Gasteiger partial charge < -0.3 is 29.7 Å². The van der Waals surface area contributed by atoms with E-state index >= 15 is 0 Å². The van der Waals surface area contributed by atoms with Crippen molar-refractivity contribution in [2.75, 3.05) is 6.61 Å². The summed E-state index contributed by atoms with van der Waals surface area (Å²) in [5.41, 5.74) is 0. The van der Waals surface area contributed by atoms with Crippen molar-refractivity contribution in [1.29, 1.82) is 0 Å². The van der Waals surface area contributed by atoms with Gasteiger partial charge in [0.25, 0.3) is 0 Å². The summed E-state index contributed by atoms with van der Waals surface area (Å²) in [6.07, 6.45) is -6.46. The maximum atomic E-state index is 10.4. The molecule has 0 aromatic carbocycles. The fraction of sp³-hybridized carbons (Fsp3) is 1.00. The SMILES string of the molecule is O=S(=O)([O-])N[C@H]1C(O)O[C@H](CO)[C@@H](O)[C@@H]1O.[K+]. The number of rotatable bonds is 3. The first-order valence-corrected chi connectivity index (χ1v) is 5.70. The molecule has 17 heavy (non-hydrogen) atoms. The van der Waals surface area contributed by atoms with Gasteiger partial charge in [0.15, 0.2) is 16.6 Å². The molecular formula is C6H12KNO8S. The smallest absolute Gasteiger partial charge is 0.735 e. The fourth-order valence-corrected chi connectivity index (χ4v) is 1.98. The largest absolute Gasteiger partial charge is 1.00 e. The van der Waals surface area contributed by atoms with Crippen molar-refractivity contribution in [1.82, 2.24) is 4.72 Å². The standard InChI is InChI=1S/C6H13NO8S.K/c8-1-2-4(9)5(10)3(6(11)15-2)7-16(12,13)14;/h2-11H,1H2,(H,12,13,14);/q;+1/p-1/t2-,3-,4-,5-,6?;/m1./s1. The second kappa shape index (κ2) is 7.19. The van der Waals surface area contributed by atoms with E-state index in [-0.39, 0.29) is 51.4 Å². The zero-order chi connectivity index (χ0) is 12.5. The Morgan fingerprint density at radius 3 is 2.18 bits per heavy atom. The molecule has 1 unspecified atom stereocenters. The van der Waals surface area contributed by atoms with Gasteiger partial charge in [0.05, 0.1) is 12.6 Å². The second-order valence-corrected chi connectivity index (χ2v) is 4.47. The van der Waals surface area contributed by atoms with Crippen LogP contribution in [0.15, 0.2) is 0 Å². The second-order valence-electron chi connectivity index (χ2n) is 3.33. The minimum Gasteiger partial charge on any atom is -0.735 e. The molecule has 5 N–H and O–H groups in total. The Bertz CT molecular complexity index is 337. The molecule has 0 bridgehead atoms. The summed E-state index contributed by atoms with van der Waals surface area (Å²) in [5.74, 6) is 0. The molecule has 0 aromatic rings. The predicted molar refractivity (Wildman–Crippen MR) is 46.6 cm³/mol. The third-order valence-corrected chi connectivity index (χ3v) is 2.74. The van der Waals surface area contributed by atoms with E-state index < -0.39 is 47.6 Å². The number of hydrogen-bond acceptors (Lipinski definition) is 8. The Kier molecular flexibility index (Phi) is 7.74. The van der Waals surface area contributed by atoms with E-state index in [0.29, 0.717) is 0 Å². The van der Waals surface area contributed by atoms with E-state index in [4.69, 9.17) is 5.11 Å². The van der Waals surface area contributed by atoms with Crippen LogP contribution in [0.4, 0.5) is 0 Å². The number of ether oxygens (including phenoxy) is 1. The van der Waals surface area contributed by atoms with E-state index in [1.165, 1.54) is 4.72 Å². The number of aliphatic hydroxyl groups excluding tert-OH is 4. The van der Waals surface area contributed by atoms with Crippen LogP contribution in [0.2, 0.25) is 0 Å². The van der Waals surface area contributed by atoms with Gasteiger partial charge in [0, 0.05) is 0 Å². The zero-order valence-electron chi connectivity index (χ0n) is 8.92. The monoisotopic (exact) mass is 297 g/mol. The van der Waals surface area contributed by atoms with Gasteiger partial charge >= 0.3 is 51.4 Å². The summed E-state index contributed by atoms with van der Waals surface area (Å²) in [6.45, 7) is -0.674. The van der Waals surface area contributed by atoms with Crippen molar-refractivity contribution in [2.24, 2.45) is 0 Å². The molecule has 9 nitrogen and oxygen atoms in total. The molecule has 1 rings (SSSR count). The van der Waals surface area contributed by atoms with Crippen molar-refractivity contribution < 1.29 is 89.5 Å². The van der Waals surface area contributed by atoms with E-state index in [9.17, 15) is 28.3 Å². The normalized spacial score (nSPS) is 38.5. The summed E-state index contributed by atoms with van der Waals surface area (Å²) in [6, 6.07) is -1.68. The Morgan fingerprint density at radius 2 is 1.76 bits per heavy atom. The molecule has 0 aromatic heterocycles. The van der Waals surface area contributed by atoms with Crippen molar-refractivity contribution in [3.8, 4) is 0 Å². The third-order valence-electron chi connectivity index (χ3n) is 2.18. The molecule has 1 saturated heterocycles. The number of hydrogen-bond donors (Lipinski definition) is 5. The molecule has 0 saturated carbocycles. The molecule has 1 aliphatic heterocycles. The van der Waals surface area contributed by atoms with Crippen molar-refractivity contribution in [2.45, 2.75) is 30.6 Å². The van der Waals surface area contributed by atoms with Crippen molar-refractivity contribution in [3.63, 3.8) is 0 Å². The zero-order valence-corrected chi connectivity index (χ0v) is 12.9. The molecule has 0 amide bonds. The van der Waals surface area contributed by atoms with E-state index in [0.717, 1.165) is 0 Å². The molecule has 11 heteroatoms. The van der Waals surface area contributed by atoms with Crippen LogP contribution in [0.5, 0.6) is 0 Å². The first-order chi connectivity index (χ1) is 7.26. The average Bonchev–Trinajstić information content (AvgIpc) is 2.17.